The van der Waals surface area contributed by atoms with Gasteiger partial charge in [-0.25, -0.2) is 0 Å². The maximum Gasteiger partial charge on any atom is 0.0982 e. The summed E-state index contributed by atoms with van der Waals surface area (Å²) in [6.45, 7) is 3.80. The van der Waals surface area contributed by atoms with Crippen LogP contribution in [-0.2, 0) is 0 Å². The lowest BCUT2D eigenvalue weighted by atomic mass is 9.84. The molecule has 2 heterocycles. The molecule has 0 saturated carbocycles. The van der Waals surface area contributed by atoms with E-state index in [4.69, 9.17) is 0 Å². The summed E-state index contributed by atoms with van der Waals surface area (Å²) >= 11 is 0. The van der Waals surface area contributed by atoms with Gasteiger partial charge in [-0.2, -0.15) is 0 Å². The normalized spacial score (nSPS) is 44.6. The Morgan fingerprint density at radius 2 is 1.94 bits per heavy atom. The second-order valence-electron chi connectivity index (χ2n) is 5.23. The summed E-state index contributed by atoms with van der Waals surface area (Å²) in [5.74, 6) is 0.163. The van der Waals surface area contributed by atoms with Crippen molar-refractivity contribution in [1.82, 2.24) is 4.90 Å². The van der Waals surface area contributed by atoms with Crippen LogP contribution < -0.4 is 0 Å². The molecule has 2 aliphatic rings. The van der Waals surface area contributed by atoms with E-state index in [0.717, 1.165) is 38.8 Å². The van der Waals surface area contributed by atoms with Gasteiger partial charge in [-0.05, 0) is 12.8 Å². The van der Waals surface area contributed by atoms with Gasteiger partial charge in [0, 0.05) is 19.0 Å². The minimum atomic E-state index is -0.784. The molecule has 2 fully saturated rings. The fourth-order valence-corrected chi connectivity index (χ4v) is 3.14. The van der Waals surface area contributed by atoms with Gasteiger partial charge in [-0.3, -0.25) is 4.90 Å². The third-order valence-corrected chi connectivity index (χ3v) is 4.11. The predicted molar refractivity (Wildman–Crippen MR) is 61.0 cm³/mol. The lowest BCUT2D eigenvalue weighted by Crippen LogP contribution is -2.59. The number of aliphatic hydroxyl groups is 3. The molecule has 0 radical (unpaired) electrons. The van der Waals surface area contributed by atoms with Crippen LogP contribution >= 0.6 is 0 Å². The van der Waals surface area contributed by atoms with Crippen molar-refractivity contribution in [2.45, 2.75) is 57.0 Å². The first-order valence-electron chi connectivity index (χ1n) is 6.43. The second-order valence-corrected chi connectivity index (χ2v) is 5.23. The molecule has 0 bridgehead atoms. The third kappa shape index (κ3) is 2.12. The van der Waals surface area contributed by atoms with Gasteiger partial charge >= 0.3 is 0 Å². The Morgan fingerprint density at radius 1 is 1.19 bits per heavy atom. The fourth-order valence-electron chi connectivity index (χ4n) is 3.14. The van der Waals surface area contributed by atoms with Crippen molar-refractivity contribution in [3.63, 3.8) is 0 Å². The van der Waals surface area contributed by atoms with Gasteiger partial charge in [0.15, 0.2) is 0 Å². The smallest absolute Gasteiger partial charge is 0.0982 e. The molecule has 0 aromatic carbocycles. The SMILES string of the molecule is CCCC[C@H]1CN2CC[C@H](O)[C@@H]2[C@@H](O)[C@@H]1O. The van der Waals surface area contributed by atoms with Crippen LogP contribution in [0.1, 0.15) is 32.6 Å². The molecule has 5 atom stereocenters. The molecule has 0 aromatic heterocycles. The molecule has 2 rings (SSSR count). The highest BCUT2D eigenvalue weighted by Crippen LogP contribution is 2.32. The first kappa shape index (κ1) is 12.3. The highest BCUT2D eigenvalue weighted by atomic mass is 16.3. The molecule has 0 unspecified atom stereocenters. The molecule has 3 N–H and O–H groups in total. The molecule has 0 aliphatic carbocycles. The minimum Gasteiger partial charge on any atom is -0.391 e. The van der Waals surface area contributed by atoms with Crippen LogP contribution in [0.15, 0.2) is 0 Å². The zero-order valence-corrected chi connectivity index (χ0v) is 9.92. The van der Waals surface area contributed by atoms with E-state index < -0.39 is 18.3 Å². The van der Waals surface area contributed by atoms with E-state index in [0.29, 0.717) is 0 Å². The van der Waals surface area contributed by atoms with E-state index in [2.05, 4.69) is 11.8 Å². The van der Waals surface area contributed by atoms with Gasteiger partial charge in [-0.1, -0.05) is 19.8 Å². The Morgan fingerprint density at radius 3 is 2.62 bits per heavy atom. The Balaban J connectivity index is 2.00. The second kappa shape index (κ2) is 5.00. The highest BCUT2D eigenvalue weighted by Gasteiger charge is 2.47. The van der Waals surface area contributed by atoms with Crippen LogP contribution in [0.3, 0.4) is 0 Å². The van der Waals surface area contributed by atoms with Crippen LogP contribution in [-0.4, -0.2) is 57.7 Å². The van der Waals surface area contributed by atoms with Gasteiger partial charge in [-0.15, -0.1) is 0 Å². The molecular formula is C12H23NO3. The van der Waals surface area contributed by atoms with Gasteiger partial charge < -0.3 is 15.3 Å². The number of fused-ring (bicyclic) bond motifs is 1. The summed E-state index contributed by atoms with van der Waals surface area (Å²) in [6, 6.07) is -0.243. The van der Waals surface area contributed by atoms with E-state index >= 15 is 0 Å². The van der Waals surface area contributed by atoms with E-state index in [-0.39, 0.29) is 12.0 Å². The molecule has 94 valence electrons. The molecule has 16 heavy (non-hydrogen) atoms. The third-order valence-electron chi connectivity index (χ3n) is 4.11. The molecule has 0 spiro atoms. The first-order chi connectivity index (χ1) is 7.65. The topological polar surface area (TPSA) is 63.9 Å². The number of rotatable bonds is 3. The quantitative estimate of drug-likeness (QED) is 0.635. The Kier molecular flexibility index (Phi) is 3.85. The van der Waals surface area contributed by atoms with Crippen molar-refractivity contribution < 1.29 is 15.3 Å². The monoisotopic (exact) mass is 229 g/mol. The first-order valence-corrected chi connectivity index (χ1v) is 6.43. The van der Waals surface area contributed by atoms with Crippen LogP contribution in [0, 0.1) is 5.92 Å². The van der Waals surface area contributed by atoms with Crippen LogP contribution in [0.4, 0.5) is 0 Å². The van der Waals surface area contributed by atoms with Crippen molar-refractivity contribution in [1.29, 1.82) is 0 Å². The van der Waals surface area contributed by atoms with Gasteiger partial charge in [0.25, 0.3) is 0 Å². The summed E-state index contributed by atoms with van der Waals surface area (Å²) in [4.78, 5) is 2.14. The molecule has 0 amide bonds. The zero-order chi connectivity index (χ0) is 11.7. The van der Waals surface area contributed by atoms with Crippen molar-refractivity contribution in [2.75, 3.05) is 13.1 Å². The predicted octanol–water partition coefficient (Wildman–Crippen LogP) is -0.0366. The average molecular weight is 229 g/mol. The van der Waals surface area contributed by atoms with Crippen molar-refractivity contribution in [2.24, 2.45) is 5.92 Å². The minimum absolute atomic E-state index is 0.163. The lowest BCUT2D eigenvalue weighted by Gasteiger charge is -2.43. The van der Waals surface area contributed by atoms with Crippen molar-refractivity contribution in [3.8, 4) is 0 Å². The maximum absolute atomic E-state index is 10.0. The van der Waals surface area contributed by atoms with E-state index in [1.54, 1.807) is 0 Å². The van der Waals surface area contributed by atoms with E-state index in [1.807, 2.05) is 0 Å². The van der Waals surface area contributed by atoms with Crippen molar-refractivity contribution in [3.05, 3.63) is 0 Å². The van der Waals surface area contributed by atoms with E-state index in [1.165, 1.54) is 0 Å². The Bertz CT molecular complexity index is 236. The van der Waals surface area contributed by atoms with Gasteiger partial charge in [0.2, 0.25) is 0 Å². The summed E-state index contributed by atoms with van der Waals surface area (Å²) in [6.07, 6.45) is 1.97. The number of nitrogens with zero attached hydrogens (tertiary/aromatic N) is 1. The van der Waals surface area contributed by atoms with Crippen LogP contribution in [0.5, 0.6) is 0 Å². The number of hydrogen-bond acceptors (Lipinski definition) is 4. The molecule has 4 nitrogen and oxygen atoms in total. The Hall–Kier alpha value is -0.160. The summed E-state index contributed by atoms with van der Waals surface area (Å²) < 4.78 is 0. The Labute approximate surface area is 96.9 Å². The molecule has 2 saturated heterocycles. The fraction of sp³-hybridized carbons (Fsp3) is 1.00. The molecule has 2 aliphatic heterocycles. The number of piperidine rings is 1. The summed E-state index contributed by atoms with van der Waals surface area (Å²) in [7, 11) is 0. The van der Waals surface area contributed by atoms with Crippen LogP contribution in [0.25, 0.3) is 0 Å². The standard InChI is InChI=1S/C12H23NO3/c1-2-3-4-8-7-13-6-5-9(14)10(13)12(16)11(8)15/h8-12,14-16H,2-7H2,1H3/t8-,9-,10+,11+,12+/m0/s1. The maximum atomic E-state index is 10.0. The van der Waals surface area contributed by atoms with E-state index in [9.17, 15) is 15.3 Å². The number of aliphatic hydroxyl groups excluding tert-OH is 3. The largest absolute Gasteiger partial charge is 0.391 e. The summed E-state index contributed by atoms with van der Waals surface area (Å²) in [5.41, 5.74) is 0. The average Bonchev–Trinajstić information content (AvgIpc) is 2.63. The van der Waals surface area contributed by atoms with Gasteiger partial charge in [0.05, 0.1) is 24.4 Å². The molecular weight excluding hydrogens is 206 g/mol. The zero-order valence-electron chi connectivity index (χ0n) is 9.92. The molecule has 0 aromatic rings. The van der Waals surface area contributed by atoms with Crippen LogP contribution in [0.2, 0.25) is 0 Å². The highest BCUT2D eigenvalue weighted by molar-refractivity contribution is 5.01. The number of unbranched alkanes of at least 4 members (excludes halogenated alkanes) is 1. The lowest BCUT2D eigenvalue weighted by molar-refractivity contribution is -0.116. The van der Waals surface area contributed by atoms with Gasteiger partial charge in [0.1, 0.15) is 0 Å². The van der Waals surface area contributed by atoms with Crippen molar-refractivity contribution >= 4 is 0 Å². The molecule has 4 heteroatoms. The summed E-state index contributed by atoms with van der Waals surface area (Å²) in [5, 5.41) is 29.8. The number of hydrogen-bond donors (Lipinski definition) is 3.